The third-order valence-electron chi connectivity index (χ3n) is 5.34. The molecule has 0 saturated carbocycles. The second kappa shape index (κ2) is 10.3. The van der Waals surface area contributed by atoms with Gasteiger partial charge in [0.1, 0.15) is 0 Å². The minimum absolute atomic E-state index is 0.0548. The first-order chi connectivity index (χ1) is 14.2. The number of rotatable bonds is 8. The van der Waals surface area contributed by atoms with Crippen LogP contribution in [-0.2, 0) is 9.59 Å². The number of piperazine rings is 1. The van der Waals surface area contributed by atoms with Gasteiger partial charge in [0, 0.05) is 49.4 Å². The van der Waals surface area contributed by atoms with Crippen LogP contribution in [0.5, 0.6) is 0 Å². The Morgan fingerprint density at radius 1 is 1.23 bits per heavy atom. The molecular weight excluding hydrogens is 396 g/mol. The summed E-state index contributed by atoms with van der Waals surface area (Å²) in [7, 11) is 0. The van der Waals surface area contributed by atoms with Gasteiger partial charge in [-0.05, 0) is 38.4 Å². The molecule has 1 fully saturated rings. The highest BCUT2D eigenvalue weighted by Crippen LogP contribution is 2.24. The second-order valence-corrected chi connectivity index (χ2v) is 7.83. The number of amides is 4. The Kier molecular flexibility index (Phi) is 8.10. The highest BCUT2D eigenvalue weighted by Gasteiger charge is 2.33. The van der Waals surface area contributed by atoms with Gasteiger partial charge in [-0.15, -0.1) is 0 Å². The van der Waals surface area contributed by atoms with E-state index in [0.717, 1.165) is 12.1 Å². The highest BCUT2D eigenvalue weighted by atomic mass is 19.2. The first kappa shape index (κ1) is 23.5. The lowest BCUT2D eigenvalue weighted by Gasteiger charge is -2.39. The van der Waals surface area contributed by atoms with Crippen molar-refractivity contribution in [2.75, 3.05) is 37.6 Å². The van der Waals surface area contributed by atoms with E-state index in [1.807, 2.05) is 10.2 Å². The van der Waals surface area contributed by atoms with Crippen molar-refractivity contribution >= 4 is 24.0 Å². The van der Waals surface area contributed by atoms with Gasteiger partial charge in [-0.1, -0.05) is 6.92 Å². The zero-order valence-electron chi connectivity index (χ0n) is 17.3. The van der Waals surface area contributed by atoms with Gasteiger partial charge in [-0.25, -0.2) is 13.6 Å². The first-order valence-electron chi connectivity index (χ1n) is 9.90. The minimum Gasteiger partial charge on any atom is -0.368 e. The average molecular weight is 425 g/mol. The van der Waals surface area contributed by atoms with Crippen LogP contribution in [-0.4, -0.2) is 61.5 Å². The molecule has 0 bridgehead atoms. The summed E-state index contributed by atoms with van der Waals surface area (Å²) >= 11 is 0. The van der Waals surface area contributed by atoms with Crippen molar-refractivity contribution in [3.63, 3.8) is 0 Å². The van der Waals surface area contributed by atoms with E-state index in [0.29, 0.717) is 57.7 Å². The summed E-state index contributed by atoms with van der Waals surface area (Å²) in [6.07, 6.45) is 1.10. The van der Waals surface area contributed by atoms with Gasteiger partial charge in [0.25, 0.3) is 0 Å². The maximum atomic E-state index is 13.5. The zero-order chi connectivity index (χ0) is 22.3. The van der Waals surface area contributed by atoms with Crippen LogP contribution in [0, 0.1) is 17.6 Å². The molecule has 1 aliphatic heterocycles. The van der Waals surface area contributed by atoms with E-state index in [4.69, 9.17) is 5.73 Å². The van der Waals surface area contributed by atoms with Crippen molar-refractivity contribution in [1.29, 1.82) is 0 Å². The normalized spacial score (nSPS) is 17.1. The molecule has 0 spiro atoms. The van der Waals surface area contributed by atoms with Crippen LogP contribution in [0.25, 0.3) is 0 Å². The van der Waals surface area contributed by atoms with Crippen molar-refractivity contribution in [1.82, 2.24) is 15.5 Å². The fourth-order valence-corrected chi connectivity index (χ4v) is 3.84. The minimum atomic E-state index is -0.898. The van der Waals surface area contributed by atoms with Crippen molar-refractivity contribution in [2.24, 2.45) is 11.7 Å². The number of hydrogen-bond acceptors (Lipinski definition) is 5. The molecule has 4 N–H and O–H groups in total. The van der Waals surface area contributed by atoms with Gasteiger partial charge in [0.2, 0.25) is 12.3 Å². The molecule has 1 aliphatic rings. The Labute approximate surface area is 174 Å². The van der Waals surface area contributed by atoms with Crippen LogP contribution < -0.4 is 21.3 Å². The number of hydrogen-bond donors (Lipinski definition) is 3. The molecule has 2 atom stereocenters. The lowest BCUT2D eigenvalue weighted by molar-refractivity contribution is -0.136. The Morgan fingerprint density at radius 3 is 2.47 bits per heavy atom. The summed E-state index contributed by atoms with van der Waals surface area (Å²) in [6.45, 7) is 5.80. The van der Waals surface area contributed by atoms with Crippen LogP contribution in [0.4, 0.5) is 19.3 Å². The zero-order valence-corrected chi connectivity index (χ0v) is 17.3. The molecule has 0 aromatic heterocycles. The first-order valence-corrected chi connectivity index (χ1v) is 9.90. The molecule has 1 heterocycles. The fraction of sp³-hybridized carbons (Fsp3) is 0.550. The third-order valence-corrected chi connectivity index (χ3v) is 5.34. The lowest BCUT2D eigenvalue weighted by Crippen LogP contribution is -2.54. The van der Waals surface area contributed by atoms with Gasteiger partial charge in [0.05, 0.1) is 0 Å². The molecule has 8 nitrogen and oxygen atoms in total. The van der Waals surface area contributed by atoms with Gasteiger partial charge in [0.15, 0.2) is 11.6 Å². The second-order valence-electron chi connectivity index (χ2n) is 7.83. The number of anilines is 1. The summed E-state index contributed by atoms with van der Waals surface area (Å²) < 4.78 is 26.6. The van der Waals surface area contributed by atoms with E-state index < -0.39 is 23.2 Å². The number of carbonyl (C=O) groups excluding carboxylic acids is 3. The van der Waals surface area contributed by atoms with E-state index >= 15 is 0 Å². The number of nitrogens with zero attached hydrogens (tertiary/aromatic N) is 2. The predicted molar refractivity (Wildman–Crippen MR) is 109 cm³/mol. The Hall–Kier alpha value is -2.75. The van der Waals surface area contributed by atoms with Gasteiger partial charge >= 0.3 is 6.03 Å². The quantitative estimate of drug-likeness (QED) is 0.543. The number of imide groups is 1. The fourth-order valence-electron chi connectivity index (χ4n) is 3.84. The van der Waals surface area contributed by atoms with Crippen LogP contribution in [0.15, 0.2) is 18.2 Å². The van der Waals surface area contributed by atoms with E-state index in [9.17, 15) is 23.2 Å². The van der Waals surface area contributed by atoms with Crippen LogP contribution >= 0.6 is 0 Å². The molecule has 0 aliphatic carbocycles. The summed E-state index contributed by atoms with van der Waals surface area (Å²) in [4.78, 5) is 38.8. The van der Waals surface area contributed by atoms with Crippen LogP contribution in [0.2, 0.25) is 0 Å². The predicted octanol–water partition coefficient (Wildman–Crippen LogP) is 1.20. The molecule has 30 heavy (non-hydrogen) atoms. The van der Waals surface area contributed by atoms with Gasteiger partial charge in [-0.3, -0.25) is 14.9 Å². The van der Waals surface area contributed by atoms with E-state index in [2.05, 4.69) is 5.32 Å². The van der Waals surface area contributed by atoms with Crippen molar-refractivity contribution in [3.8, 4) is 0 Å². The molecule has 1 aromatic carbocycles. The Balaban J connectivity index is 1.94. The molecule has 0 radical (unpaired) electrons. The van der Waals surface area contributed by atoms with E-state index in [1.165, 1.54) is 6.07 Å². The number of nitrogens with one attached hydrogen (secondary N) is 2. The number of halogens is 2. The SMILES string of the molecule is CC(CC(C)(CCN)NC(=O)NC=O)C(=O)N1CCN(c2ccc(F)c(F)c2)CC1. The molecule has 2 rings (SSSR count). The van der Waals surface area contributed by atoms with E-state index in [1.54, 1.807) is 18.7 Å². The number of urea groups is 1. The van der Waals surface area contributed by atoms with Crippen LogP contribution in [0.1, 0.15) is 26.7 Å². The highest BCUT2D eigenvalue weighted by molar-refractivity contribution is 5.85. The molecular formula is C20H29F2N5O3. The van der Waals surface area contributed by atoms with Crippen molar-refractivity contribution in [3.05, 3.63) is 29.8 Å². The molecule has 4 amide bonds. The monoisotopic (exact) mass is 425 g/mol. The summed E-state index contributed by atoms with van der Waals surface area (Å²) in [6, 6.07) is 3.13. The summed E-state index contributed by atoms with van der Waals surface area (Å²) in [5, 5.41) is 4.75. The molecule has 166 valence electrons. The van der Waals surface area contributed by atoms with Crippen LogP contribution in [0.3, 0.4) is 0 Å². The Morgan fingerprint density at radius 2 is 1.90 bits per heavy atom. The topological polar surface area (TPSA) is 108 Å². The Bertz CT molecular complexity index is 771. The molecule has 1 aromatic rings. The average Bonchev–Trinajstić information content (AvgIpc) is 2.69. The number of nitrogens with two attached hydrogens (primary N) is 1. The maximum absolute atomic E-state index is 13.5. The summed E-state index contributed by atoms with van der Waals surface area (Å²) in [5.41, 5.74) is 5.49. The van der Waals surface area contributed by atoms with E-state index in [-0.39, 0.29) is 11.8 Å². The third kappa shape index (κ3) is 6.12. The lowest BCUT2D eigenvalue weighted by atomic mass is 9.86. The van der Waals surface area contributed by atoms with Gasteiger partial charge in [-0.2, -0.15) is 0 Å². The standard InChI is InChI=1S/C20H29F2N5O3/c1-14(12-20(2,5-6-23)25-19(30)24-13-28)18(29)27-9-7-26(8-10-27)15-3-4-16(21)17(22)11-15/h3-4,11,13-14H,5-10,12,23H2,1-2H3,(H2,24,25,28,30). The van der Waals surface area contributed by atoms with Gasteiger partial charge < -0.3 is 20.9 Å². The largest absolute Gasteiger partial charge is 0.368 e. The maximum Gasteiger partial charge on any atom is 0.321 e. The number of carbonyl (C=O) groups is 3. The summed E-state index contributed by atoms with van der Waals surface area (Å²) in [5.74, 6) is -2.23. The smallest absolute Gasteiger partial charge is 0.321 e. The molecule has 2 unspecified atom stereocenters. The molecule has 1 saturated heterocycles. The molecule has 10 heteroatoms. The number of benzene rings is 1. The van der Waals surface area contributed by atoms with Crippen molar-refractivity contribution < 1.29 is 23.2 Å². The van der Waals surface area contributed by atoms with Crippen molar-refractivity contribution in [2.45, 2.75) is 32.2 Å².